The summed E-state index contributed by atoms with van der Waals surface area (Å²) in [5.41, 5.74) is 0.767. The maximum Gasteiger partial charge on any atom is 0.339 e. The Bertz CT molecular complexity index is 958. The first-order valence-electron chi connectivity index (χ1n) is 8.14. The van der Waals surface area contributed by atoms with Crippen molar-refractivity contribution in [3.63, 3.8) is 0 Å². The topological polar surface area (TPSA) is 108 Å². The molecular weight excluding hydrogens is 360 g/mol. The minimum absolute atomic E-state index is 0.0558. The number of benzene rings is 2. The van der Waals surface area contributed by atoms with Gasteiger partial charge in [-0.15, -0.1) is 0 Å². The molecule has 0 radical (unpaired) electrons. The van der Waals surface area contributed by atoms with E-state index in [0.29, 0.717) is 0 Å². The summed E-state index contributed by atoms with van der Waals surface area (Å²) in [4.78, 5) is 9.96. The fraction of sp³-hybridized carbons (Fsp3) is 0.294. The van der Waals surface area contributed by atoms with Gasteiger partial charge in [-0.1, -0.05) is 0 Å². The van der Waals surface area contributed by atoms with Gasteiger partial charge in [0.25, 0.3) is 5.69 Å². The first-order valence-corrected chi connectivity index (χ1v) is 9.55. The van der Waals surface area contributed by atoms with Gasteiger partial charge in [0.2, 0.25) is 0 Å². The van der Waals surface area contributed by atoms with E-state index in [1.54, 1.807) is 18.2 Å². The van der Waals surface area contributed by atoms with Crippen LogP contribution in [0.5, 0.6) is 11.5 Å². The Hall–Kier alpha value is -2.65. The zero-order valence-corrected chi connectivity index (χ0v) is 14.4. The van der Waals surface area contributed by atoms with E-state index in [4.69, 9.17) is 8.92 Å². The first-order chi connectivity index (χ1) is 12.4. The Kier molecular flexibility index (Phi) is 4.04. The lowest BCUT2D eigenvalue weighted by Crippen LogP contribution is -2.39. The molecule has 8 nitrogen and oxygen atoms in total. The number of nitrogens with one attached hydrogen (secondary N) is 1. The summed E-state index contributed by atoms with van der Waals surface area (Å²) in [5.74, 6) is 1.17. The number of fused-ring (bicyclic) bond motifs is 3. The highest BCUT2D eigenvalue weighted by Gasteiger charge is 2.36. The van der Waals surface area contributed by atoms with E-state index in [0.717, 1.165) is 55.1 Å². The molecule has 1 fully saturated rings. The molecule has 26 heavy (non-hydrogen) atoms. The van der Waals surface area contributed by atoms with Crippen molar-refractivity contribution in [1.82, 2.24) is 5.32 Å². The van der Waals surface area contributed by atoms with E-state index in [1.807, 2.05) is 0 Å². The highest BCUT2D eigenvalue weighted by Crippen LogP contribution is 2.43. The molecule has 0 saturated carbocycles. The largest absolute Gasteiger partial charge is 0.488 e. The van der Waals surface area contributed by atoms with Crippen molar-refractivity contribution in [3.05, 3.63) is 58.1 Å². The van der Waals surface area contributed by atoms with E-state index in [-0.39, 0.29) is 28.4 Å². The number of nitro groups is 1. The summed E-state index contributed by atoms with van der Waals surface area (Å²) in [5, 5.41) is 14.0. The molecule has 1 N–H and O–H groups in total. The van der Waals surface area contributed by atoms with Crippen LogP contribution < -0.4 is 14.2 Å². The quantitative estimate of drug-likeness (QED) is 0.495. The SMILES string of the molecule is O=[N+]([O-])c1ccc(S(=O)(=O)Oc2ccc3c(c2)C2CCNCC2O3)cc1. The molecule has 0 amide bonds. The van der Waals surface area contributed by atoms with Gasteiger partial charge >= 0.3 is 10.1 Å². The minimum Gasteiger partial charge on any atom is -0.488 e. The van der Waals surface area contributed by atoms with E-state index < -0.39 is 15.0 Å². The smallest absolute Gasteiger partial charge is 0.339 e. The predicted molar refractivity (Wildman–Crippen MR) is 92.0 cm³/mol. The molecule has 2 unspecified atom stereocenters. The van der Waals surface area contributed by atoms with Crippen LogP contribution in [0.1, 0.15) is 17.9 Å². The molecule has 2 aromatic carbocycles. The van der Waals surface area contributed by atoms with Crippen LogP contribution in [0.15, 0.2) is 47.4 Å². The average Bonchev–Trinajstić information content (AvgIpc) is 2.99. The molecular formula is C17H16N2O6S. The third-order valence-corrected chi connectivity index (χ3v) is 5.89. The van der Waals surface area contributed by atoms with Gasteiger partial charge in [0.15, 0.2) is 0 Å². The fourth-order valence-electron chi connectivity index (χ4n) is 3.36. The summed E-state index contributed by atoms with van der Waals surface area (Å²) in [6.07, 6.45) is 0.969. The van der Waals surface area contributed by atoms with Crippen LogP contribution >= 0.6 is 0 Å². The van der Waals surface area contributed by atoms with Crippen molar-refractivity contribution in [2.45, 2.75) is 23.3 Å². The number of rotatable bonds is 4. The zero-order chi connectivity index (χ0) is 18.3. The molecule has 2 aromatic rings. The third-order valence-electron chi connectivity index (χ3n) is 4.63. The standard InChI is InChI=1S/C17H16N2O6S/c20-19(21)11-1-4-13(5-2-11)26(22,23)25-12-3-6-16-15(9-12)14-7-8-18-10-17(14)24-16/h1-6,9,14,17-18H,7-8,10H2. The van der Waals surface area contributed by atoms with Gasteiger partial charge in [0.05, 0.1) is 4.92 Å². The van der Waals surface area contributed by atoms with Crippen molar-refractivity contribution in [2.75, 3.05) is 13.1 Å². The normalized spacial score (nSPS) is 21.4. The molecule has 2 heterocycles. The van der Waals surface area contributed by atoms with E-state index in [2.05, 4.69) is 5.32 Å². The summed E-state index contributed by atoms with van der Waals surface area (Å²) < 4.78 is 36.0. The molecule has 0 bridgehead atoms. The van der Waals surface area contributed by atoms with E-state index >= 15 is 0 Å². The maximum atomic E-state index is 12.4. The van der Waals surface area contributed by atoms with Crippen LogP contribution in [0.25, 0.3) is 0 Å². The molecule has 2 atom stereocenters. The molecule has 0 spiro atoms. The molecule has 1 saturated heterocycles. The van der Waals surface area contributed by atoms with Gasteiger partial charge in [0, 0.05) is 30.2 Å². The third kappa shape index (κ3) is 2.99. The maximum absolute atomic E-state index is 12.4. The molecule has 2 aliphatic rings. The van der Waals surface area contributed by atoms with Gasteiger partial charge in [-0.25, -0.2) is 0 Å². The van der Waals surface area contributed by atoms with Gasteiger partial charge in [0.1, 0.15) is 22.5 Å². The lowest BCUT2D eigenvalue weighted by Gasteiger charge is -2.24. The summed E-state index contributed by atoms with van der Waals surface area (Å²) in [7, 11) is -4.08. The molecule has 4 rings (SSSR count). The number of ether oxygens (including phenoxy) is 1. The highest BCUT2D eigenvalue weighted by atomic mass is 32.2. The lowest BCUT2D eigenvalue weighted by atomic mass is 9.90. The second-order valence-electron chi connectivity index (χ2n) is 6.24. The first kappa shape index (κ1) is 16.8. The average molecular weight is 376 g/mol. The number of nitrogens with zero attached hydrogens (tertiary/aromatic N) is 1. The second kappa shape index (κ2) is 6.26. The second-order valence-corrected chi connectivity index (χ2v) is 7.79. The van der Waals surface area contributed by atoms with Crippen molar-refractivity contribution < 1.29 is 22.3 Å². The van der Waals surface area contributed by atoms with Gasteiger partial charge in [-0.2, -0.15) is 8.42 Å². The molecule has 0 aromatic heterocycles. The van der Waals surface area contributed by atoms with E-state index in [1.165, 1.54) is 0 Å². The van der Waals surface area contributed by atoms with Crippen LogP contribution in [0.4, 0.5) is 5.69 Å². The van der Waals surface area contributed by atoms with Crippen LogP contribution in [-0.4, -0.2) is 32.5 Å². The van der Waals surface area contributed by atoms with Gasteiger partial charge in [-0.3, -0.25) is 10.1 Å². The number of piperidine rings is 1. The summed E-state index contributed by atoms with van der Waals surface area (Å²) in [6, 6.07) is 9.55. The van der Waals surface area contributed by atoms with Crippen molar-refractivity contribution >= 4 is 15.8 Å². The minimum atomic E-state index is -4.08. The number of non-ortho nitro benzene ring substituents is 1. The van der Waals surface area contributed by atoms with Crippen molar-refractivity contribution in [1.29, 1.82) is 0 Å². The monoisotopic (exact) mass is 376 g/mol. The Balaban J connectivity index is 1.58. The molecule has 136 valence electrons. The predicted octanol–water partition coefficient (Wildman–Crippen LogP) is 2.20. The van der Waals surface area contributed by atoms with Crippen LogP contribution in [-0.2, 0) is 10.1 Å². The number of nitro benzene ring substituents is 1. The van der Waals surface area contributed by atoms with Crippen LogP contribution in [0.3, 0.4) is 0 Å². The summed E-state index contributed by atoms with van der Waals surface area (Å²) >= 11 is 0. The van der Waals surface area contributed by atoms with E-state index in [9.17, 15) is 18.5 Å². The Morgan fingerprint density at radius 1 is 1.19 bits per heavy atom. The fourth-order valence-corrected chi connectivity index (χ4v) is 4.28. The highest BCUT2D eigenvalue weighted by molar-refractivity contribution is 7.87. The van der Waals surface area contributed by atoms with Gasteiger partial charge in [-0.05, 0) is 43.3 Å². The Morgan fingerprint density at radius 3 is 2.69 bits per heavy atom. The van der Waals surface area contributed by atoms with Crippen LogP contribution in [0, 0.1) is 10.1 Å². The number of hydrogen-bond acceptors (Lipinski definition) is 7. The van der Waals surface area contributed by atoms with Crippen molar-refractivity contribution in [2.24, 2.45) is 0 Å². The lowest BCUT2D eigenvalue weighted by molar-refractivity contribution is -0.384. The summed E-state index contributed by atoms with van der Waals surface area (Å²) in [6.45, 7) is 1.65. The molecule has 0 aliphatic carbocycles. The molecule has 9 heteroatoms. The molecule has 2 aliphatic heterocycles. The zero-order valence-electron chi connectivity index (χ0n) is 13.6. The van der Waals surface area contributed by atoms with Crippen molar-refractivity contribution in [3.8, 4) is 11.5 Å². The van der Waals surface area contributed by atoms with Gasteiger partial charge < -0.3 is 14.2 Å². The van der Waals surface area contributed by atoms with Crippen LogP contribution in [0.2, 0.25) is 0 Å². The Morgan fingerprint density at radius 2 is 1.96 bits per heavy atom. The Labute approximate surface area is 150 Å². The number of hydrogen-bond donors (Lipinski definition) is 1.